The molecule has 0 fully saturated rings. The van der Waals surface area contributed by atoms with Crippen LogP contribution in [-0.2, 0) is 0 Å². The highest BCUT2D eigenvalue weighted by atomic mass is 32.2. The maximum Gasteiger partial charge on any atom is 0.196 e. The van der Waals surface area contributed by atoms with Crippen molar-refractivity contribution in [1.29, 1.82) is 0 Å². The zero-order valence-electron chi connectivity index (χ0n) is 15.4. The van der Waals surface area contributed by atoms with E-state index in [2.05, 4.69) is 10.2 Å². The molecule has 0 amide bonds. The number of benzene rings is 1. The zero-order chi connectivity index (χ0) is 19.3. The fourth-order valence-electron chi connectivity index (χ4n) is 2.92. The molecule has 0 radical (unpaired) electrons. The van der Waals surface area contributed by atoms with Gasteiger partial charge in [0.05, 0.1) is 16.7 Å². The number of thiophene rings is 1. The third-order valence-corrected chi connectivity index (χ3v) is 6.25. The first-order valence-corrected chi connectivity index (χ1v) is 10.9. The molecule has 28 heavy (non-hydrogen) atoms. The molecule has 0 aliphatic carbocycles. The molecule has 0 saturated carbocycles. The van der Waals surface area contributed by atoms with Crippen molar-refractivity contribution in [2.24, 2.45) is 0 Å². The summed E-state index contributed by atoms with van der Waals surface area (Å²) in [6.45, 7) is 1.92. The van der Waals surface area contributed by atoms with Gasteiger partial charge in [-0.1, -0.05) is 36.0 Å². The van der Waals surface area contributed by atoms with Crippen LogP contribution in [0.25, 0.3) is 17.1 Å². The summed E-state index contributed by atoms with van der Waals surface area (Å²) in [4.78, 5) is 13.0. The van der Waals surface area contributed by atoms with Crippen LogP contribution in [0.4, 0.5) is 0 Å². The minimum absolute atomic E-state index is 0.204. The summed E-state index contributed by atoms with van der Waals surface area (Å²) in [5.74, 6) is 2.57. The Morgan fingerprint density at radius 1 is 1.14 bits per heavy atom. The minimum atomic E-state index is 0.204. The number of hydrogen-bond donors (Lipinski definition) is 0. The number of para-hydroxylation sites is 1. The maximum absolute atomic E-state index is 12.2. The number of rotatable bonds is 8. The first-order valence-electron chi connectivity index (χ1n) is 8.99. The van der Waals surface area contributed by atoms with Crippen LogP contribution in [0.15, 0.2) is 69.7 Å². The molecule has 7 heteroatoms. The van der Waals surface area contributed by atoms with Gasteiger partial charge in [-0.05, 0) is 43.0 Å². The zero-order valence-corrected chi connectivity index (χ0v) is 17.0. The quantitative estimate of drug-likeness (QED) is 0.214. The number of carbonyl (C=O) groups is 1. The molecule has 0 bridgehead atoms. The van der Waals surface area contributed by atoms with Crippen molar-refractivity contribution in [2.75, 3.05) is 5.75 Å². The van der Waals surface area contributed by atoms with E-state index >= 15 is 0 Å². The predicted octanol–water partition coefficient (Wildman–Crippen LogP) is 5.65. The molecule has 0 atom stereocenters. The number of aromatic nitrogens is 3. The first kappa shape index (κ1) is 18.7. The Labute approximate surface area is 171 Å². The van der Waals surface area contributed by atoms with Gasteiger partial charge in [-0.3, -0.25) is 9.36 Å². The van der Waals surface area contributed by atoms with E-state index in [1.165, 1.54) is 11.3 Å². The molecule has 0 unspecified atom stereocenters. The normalized spacial score (nSPS) is 11.0. The Morgan fingerprint density at radius 3 is 2.71 bits per heavy atom. The molecule has 4 rings (SSSR count). The van der Waals surface area contributed by atoms with Crippen LogP contribution < -0.4 is 0 Å². The molecular weight excluding hydrogens is 390 g/mol. The van der Waals surface area contributed by atoms with Crippen LogP contribution in [0.1, 0.15) is 28.3 Å². The molecule has 5 nitrogen and oxygen atoms in total. The summed E-state index contributed by atoms with van der Waals surface area (Å²) in [7, 11) is 0. The van der Waals surface area contributed by atoms with Gasteiger partial charge in [0.2, 0.25) is 0 Å². The summed E-state index contributed by atoms with van der Waals surface area (Å²) in [5.41, 5.74) is 1.93. The number of Topliss-reactive ketones (excluding diaryl/α,β-unsaturated/α-hetero) is 1. The van der Waals surface area contributed by atoms with Crippen LogP contribution in [0.3, 0.4) is 0 Å². The average molecular weight is 410 g/mol. The number of nitrogens with zero attached hydrogens (tertiary/aromatic N) is 3. The van der Waals surface area contributed by atoms with Gasteiger partial charge in [-0.25, -0.2) is 0 Å². The Kier molecular flexibility index (Phi) is 5.73. The summed E-state index contributed by atoms with van der Waals surface area (Å²) in [6.07, 6.45) is 3.00. The summed E-state index contributed by atoms with van der Waals surface area (Å²) in [5, 5.41) is 11.6. The van der Waals surface area contributed by atoms with Gasteiger partial charge in [0.15, 0.2) is 16.8 Å². The van der Waals surface area contributed by atoms with Crippen LogP contribution in [-0.4, -0.2) is 26.3 Å². The molecule has 0 aliphatic heterocycles. The highest BCUT2D eigenvalue weighted by molar-refractivity contribution is 7.99. The fourth-order valence-corrected chi connectivity index (χ4v) is 4.51. The monoisotopic (exact) mass is 409 g/mol. The van der Waals surface area contributed by atoms with Crippen LogP contribution >= 0.6 is 23.1 Å². The molecule has 0 saturated heterocycles. The summed E-state index contributed by atoms with van der Waals surface area (Å²) >= 11 is 3.11. The number of ketones is 1. The smallest absolute Gasteiger partial charge is 0.196 e. The lowest BCUT2D eigenvalue weighted by atomic mass is 10.2. The van der Waals surface area contributed by atoms with Gasteiger partial charge >= 0.3 is 0 Å². The first-order chi connectivity index (χ1) is 13.7. The number of furan rings is 1. The van der Waals surface area contributed by atoms with Crippen molar-refractivity contribution < 1.29 is 9.21 Å². The van der Waals surface area contributed by atoms with Crippen molar-refractivity contribution in [3.8, 4) is 17.1 Å². The second-order valence-corrected chi connectivity index (χ2v) is 8.23. The molecule has 0 N–H and O–H groups in total. The van der Waals surface area contributed by atoms with E-state index in [1.807, 2.05) is 65.4 Å². The largest absolute Gasteiger partial charge is 0.469 e. The van der Waals surface area contributed by atoms with Crippen molar-refractivity contribution in [3.63, 3.8) is 0 Å². The molecule has 4 aromatic rings. The van der Waals surface area contributed by atoms with E-state index in [1.54, 1.807) is 18.0 Å². The molecule has 142 valence electrons. The van der Waals surface area contributed by atoms with Crippen molar-refractivity contribution in [3.05, 3.63) is 70.8 Å². The van der Waals surface area contributed by atoms with Gasteiger partial charge in [-0.2, -0.15) is 0 Å². The standard InChI is InChI=1S/C21H19N3O2S2/c1-15-17(11-12-26-15)20-22-23-21(24(20)16-7-3-2-4-8-16)28-14-5-9-18(25)19-10-6-13-27-19/h2-4,6-8,10-13H,5,9,14H2,1H3. The van der Waals surface area contributed by atoms with Gasteiger partial charge in [0.25, 0.3) is 0 Å². The number of thioether (sulfide) groups is 1. The van der Waals surface area contributed by atoms with Gasteiger partial charge < -0.3 is 4.42 Å². The van der Waals surface area contributed by atoms with Crippen LogP contribution in [0, 0.1) is 6.92 Å². The van der Waals surface area contributed by atoms with Gasteiger partial charge in [0, 0.05) is 17.9 Å². The van der Waals surface area contributed by atoms with Crippen molar-refractivity contribution in [1.82, 2.24) is 14.8 Å². The third kappa shape index (κ3) is 3.95. The van der Waals surface area contributed by atoms with Crippen molar-refractivity contribution in [2.45, 2.75) is 24.9 Å². The van der Waals surface area contributed by atoms with Gasteiger partial charge in [0.1, 0.15) is 5.76 Å². The highest BCUT2D eigenvalue weighted by Gasteiger charge is 2.18. The molecule has 0 spiro atoms. The van der Waals surface area contributed by atoms with Crippen LogP contribution in [0.5, 0.6) is 0 Å². The Hall–Kier alpha value is -2.64. The third-order valence-electron chi connectivity index (χ3n) is 4.32. The lowest BCUT2D eigenvalue weighted by Gasteiger charge is -2.09. The topological polar surface area (TPSA) is 60.9 Å². The lowest BCUT2D eigenvalue weighted by molar-refractivity contribution is 0.0986. The molecular formula is C21H19N3O2S2. The Morgan fingerprint density at radius 2 is 2.00 bits per heavy atom. The maximum atomic E-state index is 12.2. The molecule has 3 aromatic heterocycles. The van der Waals surface area contributed by atoms with E-state index in [-0.39, 0.29) is 5.78 Å². The molecule has 3 heterocycles. The predicted molar refractivity (Wildman–Crippen MR) is 112 cm³/mol. The Balaban J connectivity index is 1.52. The molecule has 0 aliphatic rings. The van der Waals surface area contributed by atoms with E-state index in [4.69, 9.17) is 4.42 Å². The fraction of sp³-hybridized carbons (Fsp3) is 0.190. The second-order valence-electron chi connectivity index (χ2n) is 6.22. The van der Waals surface area contributed by atoms with E-state index in [0.29, 0.717) is 6.42 Å². The summed E-state index contributed by atoms with van der Waals surface area (Å²) < 4.78 is 7.50. The Bertz CT molecular complexity index is 1050. The minimum Gasteiger partial charge on any atom is -0.469 e. The summed E-state index contributed by atoms with van der Waals surface area (Å²) in [6, 6.07) is 15.7. The number of hydrogen-bond acceptors (Lipinski definition) is 6. The lowest BCUT2D eigenvalue weighted by Crippen LogP contribution is -2.01. The second kappa shape index (κ2) is 8.58. The van der Waals surface area contributed by atoms with E-state index < -0.39 is 0 Å². The van der Waals surface area contributed by atoms with Crippen molar-refractivity contribution >= 4 is 28.9 Å². The molecule has 1 aromatic carbocycles. The number of aryl methyl sites for hydroxylation is 1. The van der Waals surface area contributed by atoms with E-state index in [9.17, 15) is 4.79 Å². The SMILES string of the molecule is Cc1occc1-c1nnc(SCCCC(=O)c2cccs2)n1-c1ccccc1. The van der Waals surface area contributed by atoms with E-state index in [0.717, 1.165) is 45.0 Å². The number of carbonyl (C=O) groups excluding carboxylic acids is 1. The average Bonchev–Trinajstić information content (AvgIpc) is 3.46. The van der Waals surface area contributed by atoms with Crippen LogP contribution in [0.2, 0.25) is 0 Å². The van der Waals surface area contributed by atoms with Gasteiger partial charge in [-0.15, -0.1) is 21.5 Å². The highest BCUT2D eigenvalue weighted by Crippen LogP contribution is 2.30.